The van der Waals surface area contributed by atoms with Gasteiger partial charge in [-0.2, -0.15) is 0 Å². The van der Waals surface area contributed by atoms with Crippen LogP contribution in [0.1, 0.15) is 30.4 Å². The molecule has 2 fully saturated rings. The van der Waals surface area contributed by atoms with Crippen molar-refractivity contribution < 1.29 is 9.47 Å². The Morgan fingerprint density at radius 2 is 2.05 bits per heavy atom. The highest BCUT2D eigenvalue weighted by molar-refractivity contribution is 5.41. The average molecular weight is 290 g/mol. The van der Waals surface area contributed by atoms with Crippen LogP contribution in [0.15, 0.2) is 18.2 Å². The average Bonchev–Trinajstić information content (AvgIpc) is 2.48. The van der Waals surface area contributed by atoms with Gasteiger partial charge in [-0.05, 0) is 24.5 Å². The molecule has 0 aromatic heterocycles. The van der Waals surface area contributed by atoms with Crippen LogP contribution in [0.25, 0.3) is 0 Å². The molecule has 1 aromatic rings. The van der Waals surface area contributed by atoms with Gasteiger partial charge in [0.15, 0.2) is 0 Å². The lowest BCUT2D eigenvalue weighted by atomic mass is 9.64. The number of ether oxygens (including phenoxy) is 2. The fourth-order valence-electron chi connectivity index (χ4n) is 3.45. The molecule has 0 bridgehead atoms. The fourth-order valence-corrected chi connectivity index (χ4v) is 3.45. The predicted molar refractivity (Wildman–Crippen MR) is 83.7 cm³/mol. The van der Waals surface area contributed by atoms with Gasteiger partial charge in [-0.25, -0.2) is 0 Å². The summed E-state index contributed by atoms with van der Waals surface area (Å²) in [6.07, 6.45) is 3.72. The second-order valence-corrected chi connectivity index (χ2v) is 6.25. The van der Waals surface area contributed by atoms with E-state index in [1.165, 1.54) is 30.4 Å². The summed E-state index contributed by atoms with van der Waals surface area (Å²) in [6, 6.07) is 6.63. The highest BCUT2D eigenvalue weighted by atomic mass is 16.5. The molecule has 3 rings (SSSR count). The summed E-state index contributed by atoms with van der Waals surface area (Å²) in [5.41, 5.74) is 8.93. The molecular weight excluding hydrogens is 264 g/mol. The minimum absolute atomic E-state index is 0.214. The van der Waals surface area contributed by atoms with Crippen molar-refractivity contribution in [1.29, 1.82) is 0 Å². The largest absolute Gasteiger partial charge is 0.496 e. The van der Waals surface area contributed by atoms with E-state index in [-0.39, 0.29) is 5.41 Å². The molecule has 2 N–H and O–H groups in total. The van der Waals surface area contributed by atoms with Crippen molar-refractivity contribution >= 4 is 0 Å². The first-order chi connectivity index (χ1) is 10.3. The summed E-state index contributed by atoms with van der Waals surface area (Å²) >= 11 is 0. The van der Waals surface area contributed by atoms with Gasteiger partial charge < -0.3 is 15.2 Å². The summed E-state index contributed by atoms with van der Waals surface area (Å²) in [5, 5.41) is 0. The molecule has 0 radical (unpaired) electrons. The predicted octanol–water partition coefficient (Wildman–Crippen LogP) is 1.91. The molecule has 0 atom stereocenters. The van der Waals surface area contributed by atoms with Crippen LogP contribution in [-0.4, -0.2) is 44.9 Å². The summed E-state index contributed by atoms with van der Waals surface area (Å²) in [4.78, 5) is 2.43. The number of hydrogen-bond donors (Lipinski definition) is 1. The lowest BCUT2D eigenvalue weighted by Crippen LogP contribution is -2.41. The molecule has 1 aliphatic heterocycles. The van der Waals surface area contributed by atoms with E-state index in [1.807, 2.05) is 0 Å². The molecule has 0 spiro atoms. The molecule has 116 valence electrons. The van der Waals surface area contributed by atoms with E-state index in [1.54, 1.807) is 7.11 Å². The Balaban J connectivity index is 1.82. The number of benzene rings is 1. The Hall–Kier alpha value is -1.10. The molecular formula is C17H26N2O2. The summed E-state index contributed by atoms with van der Waals surface area (Å²) in [6.45, 7) is 5.33. The monoisotopic (exact) mass is 290 g/mol. The number of nitrogens with zero attached hydrogens (tertiary/aromatic N) is 1. The molecule has 21 heavy (non-hydrogen) atoms. The van der Waals surface area contributed by atoms with E-state index in [0.717, 1.165) is 45.1 Å². The maximum absolute atomic E-state index is 6.05. The van der Waals surface area contributed by atoms with Crippen LogP contribution in [0.3, 0.4) is 0 Å². The van der Waals surface area contributed by atoms with Crippen molar-refractivity contribution in [3.8, 4) is 5.75 Å². The van der Waals surface area contributed by atoms with Crippen LogP contribution >= 0.6 is 0 Å². The lowest BCUT2D eigenvalue weighted by molar-refractivity contribution is 0.0338. The number of morpholine rings is 1. The summed E-state index contributed by atoms with van der Waals surface area (Å²) < 4.78 is 11.0. The van der Waals surface area contributed by atoms with Gasteiger partial charge in [-0.3, -0.25) is 4.90 Å². The standard InChI is InChI=1S/C17H26N2O2/c1-20-16-4-3-15(17(13-18)5-2-6-17)11-14(16)12-19-7-9-21-10-8-19/h3-4,11H,2,5-10,12-13,18H2,1H3. The first-order valence-electron chi connectivity index (χ1n) is 7.95. The SMILES string of the molecule is COc1ccc(C2(CN)CCC2)cc1CN1CCOCC1. The lowest BCUT2D eigenvalue weighted by Gasteiger charge is -2.42. The first kappa shape index (κ1) is 14.8. The molecule has 4 nitrogen and oxygen atoms in total. The van der Waals surface area contributed by atoms with Gasteiger partial charge in [0.05, 0.1) is 20.3 Å². The van der Waals surface area contributed by atoms with Gasteiger partial charge in [-0.15, -0.1) is 0 Å². The van der Waals surface area contributed by atoms with Crippen LogP contribution < -0.4 is 10.5 Å². The highest BCUT2D eigenvalue weighted by Crippen LogP contribution is 2.43. The van der Waals surface area contributed by atoms with Crippen LogP contribution in [0.2, 0.25) is 0 Å². The number of rotatable bonds is 5. The minimum atomic E-state index is 0.214. The Kier molecular flexibility index (Phi) is 4.48. The zero-order chi connectivity index (χ0) is 14.7. The second kappa shape index (κ2) is 6.34. The maximum Gasteiger partial charge on any atom is 0.123 e. The number of hydrogen-bond acceptors (Lipinski definition) is 4. The van der Waals surface area contributed by atoms with Gasteiger partial charge >= 0.3 is 0 Å². The second-order valence-electron chi connectivity index (χ2n) is 6.25. The van der Waals surface area contributed by atoms with Crippen molar-refractivity contribution in [2.24, 2.45) is 5.73 Å². The van der Waals surface area contributed by atoms with Crippen molar-refractivity contribution in [3.05, 3.63) is 29.3 Å². The minimum Gasteiger partial charge on any atom is -0.496 e. The van der Waals surface area contributed by atoms with E-state index < -0.39 is 0 Å². The van der Waals surface area contributed by atoms with Crippen LogP contribution in [0.5, 0.6) is 5.75 Å². The summed E-state index contributed by atoms with van der Waals surface area (Å²) in [5.74, 6) is 0.983. The number of nitrogens with two attached hydrogens (primary N) is 1. The summed E-state index contributed by atoms with van der Waals surface area (Å²) in [7, 11) is 1.75. The Bertz CT molecular complexity index is 474. The molecule has 1 aliphatic carbocycles. The first-order valence-corrected chi connectivity index (χ1v) is 7.95. The normalized spacial score (nSPS) is 21.8. The maximum atomic E-state index is 6.05. The van der Waals surface area contributed by atoms with Gasteiger partial charge in [0.2, 0.25) is 0 Å². The van der Waals surface area contributed by atoms with E-state index >= 15 is 0 Å². The molecule has 1 aromatic carbocycles. The van der Waals surface area contributed by atoms with Crippen molar-refractivity contribution in [3.63, 3.8) is 0 Å². The highest BCUT2D eigenvalue weighted by Gasteiger charge is 2.37. The van der Waals surface area contributed by atoms with E-state index in [0.29, 0.717) is 0 Å². The topological polar surface area (TPSA) is 47.7 Å². The Morgan fingerprint density at radius 3 is 2.62 bits per heavy atom. The van der Waals surface area contributed by atoms with Crippen molar-refractivity contribution in [1.82, 2.24) is 4.90 Å². The van der Waals surface area contributed by atoms with Gasteiger partial charge in [-0.1, -0.05) is 18.6 Å². The molecule has 1 saturated carbocycles. The smallest absolute Gasteiger partial charge is 0.123 e. The zero-order valence-corrected chi connectivity index (χ0v) is 12.9. The third-order valence-corrected chi connectivity index (χ3v) is 5.09. The molecule has 0 unspecified atom stereocenters. The Labute approximate surface area is 127 Å². The Morgan fingerprint density at radius 1 is 1.29 bits per heavy atom. The third-order valence-electron chi connectivity index (χ3n) is 5.09. The van der Waals surface area contributed by atoms with Crippen molar-refractivity contribution in [2.45, 2.75) is 31.2 Å². The quantitative estimate of drug-likeness (QED) is 0.900. The van der Waals surface area contributed by atoms with Crippen LogP contribution in [-0.2, 0) is 16.7 Å². The molecule has 1 heterocycles. The van der Waals surface area contributed by atoms with Crippen LogP contribution in [0.4, 0.5) is 0 Å². The van der Waals surface area contributed by atoms with Gasteiger partial charge in [0, 0.05) is 37.2 Å². The van der Waals surface area contributed by atoms with E-state index in [9.17, 15) is 0 Å². The van der Waals surface area contributed by atoms with Crippen molar-refractivity contribution in [2.75, 3.05) is 40.0 Å². The molecule has 4 heteroatoms. The van der Waals surface area contributed by atoms with Gasteiger partial charge in [0.1, 0.15) is 5.75 Å². The van der Waals surface area contributed by atoms with Crippen LogP contribution in [0, 0.1) is 0 Å². The third kappa shape index (κ3) is 2.93. The van der Waals surface area contributed by atoms with Gasteiger partial charge in [0.25, 0.3) is 0 Å². The fraction of sp³-hybridized carbons (Fsp3) is 0.647. The van der Waals surface area contributed by atoms with E-state index in [2.05, 4.69) is 23.1 Å². The molecule has 1 saturated heterocycles. The molecule has 0 amide bonds. The number of methoxy groups -OCH3 is 1. The molecule has 2 aliphatic rings. The van der Waals surface area contributed by atoms with E-state index in [4.69, 9.17) is 15.2 Å². The zero-order valence-electron chi connectivity index (χ0n) is 12.9.